The number of hydrogen-bond acceptors (Lipinski definition) is 4. The number of amides is 1. The number of aliphatic imine (C=N–C) groups is 1. The van der Waals surface area contributed by atoms with E-state index >= 15 is 0 Å². The van der Waals surface area contributed by atoms with Crippen molar-refractivity contribution in [2.75, 3.05) is 11.5 Å². The van der Waals surface area contributed by atoms with Gasteiger partial charge < -0.3 is 4.90 Å². The van der Waals surface area contributed by atoms with Gasteiger partial charge in [-0.3, -0.25) is 4.79 Å². The van der Waals surface area contributed by atoms with Crippen LogP contribution in [0.5, 0.6) is 0 Å². The van der Waals surface area contributed by atoms with Gasteiger partial charge in [0.2, 0.25) is 5.91 Å². The summed E-state index contributed by atoms with van der Waals surface area (Å²) in [6.45, 7) is 3.82. The summed E-state index contributed by atoms with van der Waals surface area (Å²) in [7, 11) is -3.01. The fourth-order valence-electron chi connectivity index (χ4n) is 3.12. The molecule has 3 atom stereocenters. The van der Waals surface area contributed by atoms with Crippen molar-refractivity contribution in [1.29, 1.82) is 0 Å². The van der Waals surface area contributed by atoms with Crippen LogP contribution in [0.3, 0.4) is 0 Å². The molecule has 1 amide bonds. The number of hydrogen-bond donors (Lipinski definition) is 0. The maximum atomic E-state index is 12.0. The van der Waals surface area contributed by atoms with Gasteiger partial charge in [-0.15, -0.1) is 0 Å². The Hall–Kier alpha value is -1.34. The average molecular weight is 352 g/mol. The van der Waals surface area contributed by atoms with Crippen molar-refractivity contribution in [3.05, 3.63) is 35.9 Å². The standard InChI is InChI=1S/C16H20N2O3S2/c1-3-15(19)17-16-18(11(2)12-7-5-4-6-8-12)13-9-23(20,21)10-14(13)22-16/h4-8,11,13-14H,3,9-10H2,1-2H3/t11-,13-,14+/m0/s1. The van der Waals surface area contributed by atoms with Gasteiger partial charge in [0, 0.05) is 11.7 Å². The van der Waals surface area contributed by atoms with Gasteiger partial charge in [0.15, 0.2) is 15.0 Å². The molecule has 2 aliphatic rings. The van der Waals surface area contributed by atoms with E-state index in [0.717, 1.165) is 5.56 Å². The van der Waals surface area contributed by atoms with E-state index in [0.29, 0.717) is 11.6 Å². The van der Waals surface area contributed by atoms with Gasteiger partial charge in [-0.2, -0.15) is 4.99 Å². The summed E-state index contributed by atoms with van der Waals surface area (Å²) < 4.78 is 24.0. The molecule has 3 rings (SSSR count). The van der Waals surface area contributed by atoms with Crippen molar-refractivity contribution < 1.29 is 13.2 Å². The summed E-state index contributed by atoms with van der Waals surface area (Å²) in [6, 6.07) is 9.79. The van der Waals surface area contributed by atoms with Gasteiger partial charge >= 0.3 is 0 Å². The Bertz CT molecular complexity index is 731. The molecule has 1 aromatic carbocycles. The van der Waals surface area contributed by atoms with Crippen LogP contribution in [0.4, 0.5) is 0 Å². The lowest BCUT2D eigenvalue weighted by Gasteiger charge is -2.31. The van der Waals surface area contributed by atoms with Crippen LogP contribution in [0.2, 0.25) is 0 Å². The zero-order chi connectivity index (χ0) is 16.6. The Morgan fingerprint density at radius 1 is 1.35 bits per heavy atom. The van der Waals surface area contributed by atoms with E-state index in [1.165, 1.54) is 11.8 Å². The Morgan fingerprint density at radius 2 is 2.04 bits per heavy atom. The summed E-state index contributed by atoms with van der Waals surface area (Å²) in [5, 5.41) is 0.632. The van der Waals surface area contributed by atoms with Crippen molar-refractivity contribution in [2.45, 2.75) is 37.6 Å². The Kier molecular flexibility index (Phi) is 4.51. The number of carbonyl (C=O) groups excluding carboxylic acids is 1. The second kappa shape index (κ2) is 6.28. The van der Waals surface area contributed by atoms with Crippen molar-refractivity contribution in [3.8, 4) is 0 Å². The fraction of sp³-hybridized carbons (Fsp3) is 0.500. The van der Waals surface area contributed by atoms with Gasteiger partial charge in [-0.05, 0) is 12.5 Å². The average Bonchev–Trinajstić information content (AvgIpc) is 2.98. The van der Waals surface area contributed by atoms with Crippen LogP contribution in [0.25, 0.3) is 0 Å². The number of rotatable bonds is 3. The number of benzene rings is 1. The van der Waals surface area contributed by atoms with Crippen LogP contribution in [-0.4, -0.2) is 47.2 Å². The molecule has 2 heterocycles. The quantitative estimate of drug-likeness (QED) is 0.835. The summed E-state index contributed by atoms with van der Waals surface area (Å²) in [4.78, 5) is 18.0. The molecule has 2 aliphatic heterocycles. The molecule has 0 spiro atoms. The fourth-order valence-corrected chi connectivity index (χ4v) is 7.13. The first-order valence-corrected chi connectivity index (χ1v) is 10.4. The normalized spacial score (nSPS) is 28.8. The third kappa shape index (κ3) is 3.30. The van der Waals surface area contributed by atoms with E-state index in [1.54, 1.807) is 6.92 Å². The van der Waals surface area contributed by atoms with Crippen molar-refractivity contribution in [3.63, 3.8) is 0 Å². The second-order valence-electron chi connectivity index (χ2n) is 5.94. The number of sulfone groups is 1. The Morgan fingerprint density at radius 3 is 2.70 bits per heavy atom. The summed E-state index contributed by atoms with van der Waals surface area (Å²) >= 11 is 1.43. The van der Waals surface area contributed by atoms with E-state index in [9.17, 15) is 13.2 Å². The third-order valence-electron chi connectivity index (χ3n) is 4.33. The summed E-state index contributed by atoms with van der Waals surface area (Å²) in [6.07, 6.45) is 0.352. The highest BCUT2D eigenvalue weighted by molar-refractivity contribution is 8.15. The van der Waals surface area contributed by atoms with Gasteiger partial charge in [0.1, 0.15) is 0 Å². The smallest absolute Gasteiger partial charge is 0.247 e. The number of nitrogens with zero attached hydrogens (tertiary/aromatic N) is 2. The lowest BCUT2D eigenvalue weighted by Crippen LogP contribution is -2.39. The first-order valence-electron chi connectivity index (χ1n) is 7.73. The minimum absolute atomic E-state index is 0.0181. The molecule has 1 aromatic rings. The SMILES string of the molecule is CCC(=O)N=C1S[C@@H]2CS(=O)(=O)C[C@@H]2N1[C@@H](C)c1ccccc1. The second-order valence-corrected chi connectivity index (χ2v) is 9.30. The molecular formula is C16H20N2O3S2. The molecule has 0 N–H and O–H groups in total. The van der Waals surface area contributed by atoms with Crippen LogP contribution in [0.15, 0.2) is 35.3 Å². The number of fused-ring (bicyclic) bond motifs is 1. The molecule has 2 fully saturated rings. The number of amidine groups is 1. The van der Waals surface area contributed by atoms with Gasteiger partial charge in [-0.25, -0.2) is 8.42 Å². The number of carbonyl (C=O) groups is 1. The van der Waals surface area contributed by atoms with Crippen LogP contribution in [0.1, 0.15) is 31.9 Å². The predicted molar refractivity (Wildman–Crippen MR) is 93.2 cm³/mol. The van der Waals surface area contributed by atoms with Crippen molar-refractivity contribution in [2.24, 2.45) is 4.99 Å². The van der Waals surface area contributed by atoms with E-state index in [1.807, 2.05) is 42.2 Å². The highest BCUT2D eigenvalue weighted by Crippen LogP contribution is 2.42. The molecule has 0 radical (unpaired) electrons. The highest BCUT2D eigenvalue weighted by atomic mass is 32.2. The van der Waals surface area contributed by atoms with E-state index in [4.69, 9.17) is 0 Å². The van der Waals surface area contributed by atoms with Crippen LogP contribution >= 0.6 is 11.8 Å². The summed E-state index contributed by atoms with van der Waals surface area (Å²) in [5.74, 6) is 0.140. The van der Waals surface area contributed by atoms with Gasteiger partial charge in [-0.1, -0.05) is 49.0 Å². The van der Waals surface area contributed by atoms with Crippen LogP contribution < -0.4 is 0 Å². The first-order chi connectivity index (χ1) is 10.9. The third-order valence-corrected chi connectivity index (χ3v) is 7.55. The van der Waals surface area contributed by atoms with Gasteiger partial charge in [0.25, 0.3) is 0 Å². The molecular weight excluding hydrogens is 332 g/mol. The molecule has 0 unspecified atom stereocenters. The van der Waals surface area contributed by atoms with E-state index in [-0.39, 0.29) is 34.7 Å². The molecule has 0 aliphatic carbocycles. The molecule has 0 saturated carbocycles. The zero-order valence-corrected chi connectivity index (χ0v) is 14.8. The van der Waals surface area contributed by atoms with Crippen molar-refractivity contribution >= 4 is 32.7 Å². The topological polar surface area (TPSA) is 66.8 Å². The van der Waals surface area contributed by atoms with E-state index < -0.39 is 9.84 Å². The molecule has 0 bridgehead atoms. The maximum absolute atomic E-state index is 12.0. The molecule has 2 saturated heterocycles. The van der Waals surface area contributed by atoms with E-state index in [2.05, 4.69) is 4.99 Å². The zero-order valence-electron chi connectivity index (χ0n) is 13.2. The number of thioether (sulfide) groups is 1. The minimum Gasteiger partial charge on any atom is -0.339 e. The van der Waals surface area contributed by atoms with Gasteiger partial charge in [0.05, 0.1) is 23.6 Å². The maximum Gasteiger partial charge on any atom is 0.247 e. The molecule has 124 valence electrons. The largest absolute Gasteiger partial charge is 0.339 e. The molecule has 0 aromatic heterocycles. The minimum atomic E-state index is -3.01. The first kappa shape index (κ1) is 16.5. The lowest BCUT2D eigenvalue weighted by atomic mass is 10.1. The highest BCUT2D eigenvalue weighted by Gasteiger charge is 2.50. The predicted octanol–water partition coefficient (Wildman–Crippen LogP) is 2.25. The molecule has 7 heteroatoms. The van der Waals surface area contributed by atoms with Crippen LogP contribution in [0, 0.1) is 0 Å². The summed E-state index contributed by atoms with van der Waals surface area (Å²) in [5.41, 5.74) is 1.09. The van der Waals surface area contributed by atoms with Crippen LogP contribution in [-0.2, 0) is 14.6 Å². The Balaban J connectivity index is 1.97. The monoisotopic (exact) mass is 352 g/mol. The Labute approximate surface area is 141 Å². The molecule has 23 heavy (non-hydrogen) atoms. The van der Waals surface area contributed by atoms with Crippen molar-refractivity contribution in [1.82, 2.24) is 4.90 Å². The molecule has 5 nitrogen and oxygen atoms in total. The lowest BCUT2D eigenvalue weighted by molar-refractivity contribution is -0.117.